The molecule has 6 heteroatoms. The number of nitrogens with one attached hydrogen (secondary N) is 1. The highest BCUT2D eigenvalue weighted by molar-refractivity contribution is 5.81. The van der Waals surface area contributed by atoms with Gasteiger partial charge in [0.15, 0.2) is 0 Å². The number of fused-ring (bicyclic) bond motifs is 1. The molecule has 126 valence electrons. The number of likely N-dealkylation sites (tertiary alicyclic amines) is 1. The normalized spacial score (nSPS) is 20.2. The fourth-order valence-corrected chi connectivity index (χ4v) is 3.41. The number of anilines is 1. The average Bonchev–Trinajstić information content (AvgIpc) is 2.90. The first-order chi connectivity index (χ1) is 12.1. The maximum atomic E-state index is 12.3. The van der Waals surface area contributed by atoms with Crippen molar-refractivity contribution >= 4 is 22.8 Å². The molecule has 1 fully saturated rings. The molecule has 6 nitrogen and oxygen atoms in total. The Bertz CT molecular complexity index is 928. The highest BCUT2D eigenvalue weighted by Crippen LogP contribution is 2.33. The molecule has 0 radical (unpaired) electrons. The summed E-state index contributed by atoms with van der Waals surface area (Å²) in [7, 11) is 1.83. The Kier molecular flexibility index (Phi) is 3.80. The number of benzene rings is 1. The molecule has 1 saturated heterocycles. The largest absolute Gasteiger partial charge is 0.363 e. The van der Waals surface area contributed by atoms with Crippen molar-refractivity contribution in [1.29, 1.82) is 0 Å². The van der Waals surface area contributed by atoms with Gasteiger partial charge in [-0.15, -0.1) is 0 Å². The number of likely N-dealkylation sites (N-methyl/N-ethyl adjacent to an activating group) is 1. The number of nitrogens with zero attached hydrogens (tertiary/aromatic N) is 4. The number of carbonyl (C=O) groups is 1. The molecule has 0 unspecified atom stereocenters. The van der Waals surface area contributed by atoms with Gasteiger partial charge in [-0.2, -0.15) is 0 Å². The topological polar surface area (TPSA) is 71.0 Å². The summed E-state index contributed by atoms with van der Waals surface area (Å²) < 4.78 is 0. The third kappa shape index (κ3) is 2.80. The molecule has 2 aromatic heterocycles. The van der Waals surface area contributed by atoms with Gasteiger partial charge < -0.3 is 10.2 Å². The maximum Gasteiger partial charge on any atom is 0.225 e. The summed E-state index contributed by atoms with van der Waals surface area (Å²) in [5, 5.41) is 3.45. The fraction of sp³-hybridized carbons (Fsp3) is 0.263. The minimum absolute atomic E-state index is 0.0733. The van der Waals surface area contributed by atoms with Crippen molar-refractivity contribution in [2.45, 2.75) is 25.4 Å². The van der Waals surface area contributed by atoms with E-state index in [1.54, 1.807) is 11.1 Å². The summed E-state index contributed by atoms with van der Waals surface area (Å²) in [4.78, 5) is 27.6. The summed E-state index contributed by atoms with van der Waals surface area (Å²) in [6.07, 6.45) is 3.97. The van der Waals surface area contributed by atoms with Crippen molar-refractivity contribution < 1.29 is 4.79 Å². The van der Waals surface area contributed by atoms with Gasteiger partial charge in [0.1, 0.15) is 5.82 Å². The van der Waals surface area contributed by atoms with Crippen LogP contribution in [0.15, 0.2) is 48.8 Å². The van der Waals surface area contributed by atoms with E-state index in [0.29, 0.717) is 6.42 Å². The molecule has 4 rings (SSSR count). The number of aryl methyl sites for hydroxylation is 1. The summed E-state index contributed by atoms with van der Waals surface area (Å²) in [5.41, 5.74) is 3.55. The Morgan fingerprint density at radius 3 is 2.60 bits per heavy atom. The zero-order valence-electron chi connectivity index (χ0n) is 14.2. The van der Waals surface area contributed by atoms with E-state index in [2.05, 4.69) is 15.3 Å². The monoisotopic (exact) mass is 333 g/mol. The van der Waals surface area contributed by atoms with E-state index < -0.39 is 0 Å². The lowest BCUT2D eigenvalue weighted by Gasteiger charge is -2.26. The van der Waals surface area contributed by atoms with E-state index >= 15 is 0 Å². The molecule has 3 heterocycles. The van der Waals surface area contributed by atoms with Gasteiger partial charge in [0, 0.05) is 25.9 Å². The zero-order chi connectivity index (χ0) is 17.4. The van der Waals surface area contributed by atoms with Crippen molar-refractivity contribution in [2.75, 3.05) is 12.4 Å². The van der Waals surface area contributed by atoms with Gasteiger partial charge in [0.2, 0.25) is 5.91 Å². The van der Waals surface area contributed by atoms with Crippen molar-refractivity contribution in [3.8, 4) is 0 Å². The predicted octanol–water partition coefficient (Wildman–Crippen LogP) is 2.72. The average molecular weight is 333 g/mol. The summed E-state index contributed by atoms with van der Waals surface area (Å²) in [6, 6.07) is 11.5. The van der Waals surface area contributed by atoms with Crippen LogP contribution in [-0.2, 0) is 4.79 Å². The van der Waals surface area contributed by atoms with Crippen molar-refractivity contribution in [3.05, 3.63) is 60.0 Å². The molecule has 0 bridgehead atoms. The molecule has 1 amide bonds. The van der Waals surface area contributed by atoms with Crippen LogP contribution < -0.4 is 5.32 Å². The van der Waals surface area contributed by atoms with E-state index in [1.807, 2.05) is 56.6 Å². The molecule has 0 saturated carbocycles. The number of pyridine rings is 1. The summed E-state index contributed by atoms with van der Waals surface area (Å²) in [5.74, 6) is 0.832. The highest BCUT2D eigenvalue weighted by atomic mass is 16.2. The molecular formula is C19H19N5O. The third-order valence-corrected chi connectivity index (χ3v) is 4.68. The Morgan fingerprint density at radius 1 is 1.12 bits per heavy atom. The second kappa shape index (κ2) is 6.12. The first-order valence-electron chi connectivity index (χ1n) is 8.29. The lowest BCUT2D eigenvalue weighted by Crippen LogP contribution is -2.30. The molecule has 3 aromatic rings. The van der Waals surface area contributed by atoms with Crippen LogP contribution in [0.1, 0.15) is 23.7 Å². The van der Waals surface area contributed by atoms with Gasteiger partial charge >= 0.3 is 0 Å². The van der Waals surface area contributed by atoms with Crippen LogP contribution in [0.3, 0.4) is 0 Å². The summed E-state index contributed by atoms with van der Waals surface area (Å²) in [6.45, 7) is 1.93. The number of para-hydroxylation sites is 2. The Balaban J connectivity index is 1.69. The quantitative estimate of drug-likeness (QED) is 0.798. The SMILES string of the molecule is Cc1nc2ccccc2nc1N[C@@H]1CC(=O)N(C)[C@H]1c1cccnc1. The van der Waals surface area contributed by atoms with Crippen LogP contribution in [0.5, 0.6) is 0 Å². The zero-order valence-corrected chi connectivity index (χ0v) is 14.2. The smallest absolute Gasteiger partial charge is 0.225 e. The third-order valence-electron chi connectivity index (χ3n) is 4.68. The summed E-state index contributed by atoms with van der Waals surface area (Å²) >= 11 is 0. The molecule has 0 spiro atoms. The van der Waals surface area contributed by atoms with Crippen LogP contribution in [0.25, 0.3) is 11.0 Å². The Morgan fingerprint density at radius 2 is 1.88 bits per heavy atom. The van der Waals surface area contributed by atoms with Crippen LogP contribution in [-0.4, -0.2) is 38.8 Å². The fourth-order valence-electron chi connectivity index (χ4n) is 3.41. The minimum Gasteiger partial charge on any atom is -0.363 e. The molecule has 2 atom stereocenters. The van der Waals surface area contributed by atoms with Gasteiger partial charge in [-0.05, 0) is 30.7 Å². The van der Waals surface area contributed by atoms with Crippen LogP contribution in [0.2, 0.25) is 0 Å². The predicted molar refractivity (Wildman–Crippen MR) is 96.1 cm³/mol. The van der Waals surface area contributed by atoms with Gasteiger partial charge in [-0.25, -0.2) is 9.97 Å². The molecule has 1 aromatic carbocycles. The number of rotatable bonds is 3. The van der Waals surface area contributed by atoms with E-state index in [-0.39, 0.29) is 18.0 Å². The number of amides is 1. The van der Waals surface area contributed by atoms with Gasteiger partial charge in [-0.3, -0.25) is 9.78 Å². The molecule has 1 aliphatic heterocycles. The van der Waals surface area contributed by atoms with Gasteiger partial charge in [0.25, 0.3) is 0 Å². The standard InChI is InChI=1S/C19H19N5O/c1-12-19(22-15-8-4-3-7-14(15)21-12)23-16-10-17(25)24(2)18(16)13-6-5-9-20-11-13/h3-9,11,16,18H,10H2,1-2H3,(H,22,23)/t16-,18+/m1/s1. The Hall–Kier alpha value is -3.02. The number of hydrogen-bond acceptors (Lipinski definition) is 5. The number of aromatic nitrogens is 3. The van der Waals surface area contributed by atoms with E-state index in [0.717, 1.165) is 28.1 Å². The van der Waals surface area contributed by atoms with Crippen LogP contribution in [0.4, 0.5) is 5.82 Å². The van der Waals surface area contributed by atoms with Crippen LogP contribution in [0, 0.1) is 6.92 Å². The van der Waals surface area contributed by atoms with E-state index in [9.17, 15) is 4.79 Å². The molecule has 1 aliphatic rings. The van der Waals surface area contributed by atoms with Gasteiger partial charge in [-0.1, -0.05) is 18.2 Å². The minimum atomic E-state index is -0.0751. The van der Waals surface area contributed by atoms with Crippen molar-refractivity contribution in [3.63, 3.8) is 0 Å². The molecule has 0 aliphatic carbocycles. The van der Waals surface area contributed by atoms with Crippen molar-refractivity contribution in [2.24, 2.45) is 0 Å². The number of hydrogen-bond donors (Lipinski definition) is 1. The van der Waals surface area contributed by atoms with Crippen molar-refractivity contribution in [1.82, 2.24) is 19.9 Å². The second-order valence-corrected chi connectivity index (χ2v) is 6.34. The lowest BCUT2D eigenvalue weighted by atomic mass is 10.0. The van der Waals surface area contributed by atoms with E-state index in [4.69, 9.17) is 4.98 Å². The van der Waals surface area contributed by atoms with E-state index in [1.165, 1.54) is 0 Å². The second-order valence-electron chi connectivity index (χ2n) is 6.34. The van der Waals surface area contributed by atoms with Gasteiger partial charge in [0.05, 0.1) is 28.8 Å². The maximum absolute atomic E-state index is 12.3. The lowest BCUT2D eigenvalue weighted by molar-refractivity contribution is -0.127. The molecule has 1 N–H and O–H groups in total. The molecule has 25 heavy (non-hydrogen) atoms. The first-order valence-corrected chi connectivity index (χ1v) is 8.29. The molecular weight excluding hydrogens is 314 g/mol. The first kappa shape index (κ1) is 15.5. The number of carbonyl (C=O) groups excluding carboxylic acids is 1. The Labute approximate surface area is 145 Å². The van der Waals surface area contributed by atoms with Crippen LogP contribution >= 0.6 is 0 Å². The highest BCUT2D eigenvalue weighted by Gasteiger charge is 2.39.